The fourth-order valence-electron chi connectivity index (χ4n) is 3.20. The molecule has 0 aliphatic carbocycles. The molecular weight excluding hydrogens is 477 g/mol. The Hall–Kier alpha value is -3.94. The molecule has 4 rings (SSSR count). The highest BCUT2D eigenvalue weighted by atomic mass is 32.2. The van der Waals surface area contributed by atoms with Crippen LogP contribution in [-0.2, 0) is 16.6 Å². The number of nitrogens with zero attached hydrogens (tertiary/aromatic N) is 2. The van der Waals surface area contributed by atoms with Crippen molar-refractivity contribution in [2.24, 2.45) is 4.99 Å². The normalized spacial score (nSPS) is 11.9. The van der Waals surface area contributed by atoms with E-state index in [9.17, 15) is 17.6 Å². The summed E-state index contributed by atoms with van der Waals surface area (Å²) in [7, 11) is -2.40. The Morgan fingerprint density at radius 2 is 1.94 bits per heavy atom. The number of rotatable bonds is 6. The van der Waals surface area contributed by atoms with Gasteiger partial charge < -0.3 is 9.30 Å². The Kier molecular flexibility index (Phi) is 6.49. The van der Waals surface area contributed by atoms with E-state index in [-0.39, 0.29) is 22.7 Å². The van der Waals surface area contributed by atoms with Crippen molar-refractivity contribution >= 4 is 43.2 Å². The molecule has 0 fully saturated rings. The molecule has 10 heteroatoms. The molecule has 4 aromatic rings. The first-order valence-electron chi connectivity index (χ1n) is 9.89. The number of hydrogen-bond donors (Lipinski definition) is 1. The highest BCUT2D eigenvalue weighted by molar-refractivity contribution is 7.92. The molecule has 0 unspecified atom stereocenters. The number of thiazole rings is 1. The first-order valence-corrected chi connectivity index (χ1v) is 12.2. The second-order valence-corrected chi connectivity index (χ2v) is 9.76. The van der Waals surface area contributed by atoms with Gasteiger partial charge in [0.2, 0.25) is 0 Å². The number of anilines is 1. The third-order valence-electron chi connectivity index (χ3n) is 4.82. The van der Waals surface area contributed by atoms with Crippen molar-refractivity contribution in [2.75, 3.05) is 11.8 Å². The monoisotopic (exact) mass is 495 g/mol. The van der Waals surface area contributed by atoms with Crippen molar-refractivity contribution < 1.29 is 22.3 Å². The van der Waals surface area contributed by atoms with Crippen LogP contribution in [0.25, 0.3) is 10.2 Å². The largest absolute Gasteiger partial charge is 0.497 e. The number of hydrogen-bond acceptors (Lipinski definition) is 5. The number of carbonyl (C=O) groups excluding carboxylic acids is 1. The summed E-state index contributed by atoms with van der Waals surface area (Å²) >= 11 is 1.29. The molecule has 34 heavy (non-hydrogen) atoms. The Morgan fingerprint density at radius 3 is 2.65 bits per heavy atom. The molecule has 3 aromatic carbocycles. The quantitative estimate of drug-likeness (QED) is 0.409. The van der Waals surface area contributed by atoms with Gasteiger partial charge in [-0.15, -0.1) is 6.42 Å². The van der Waals surface area contributed by atoms with E-state index in [2.05, 4.69) is 15.6 Å². The van der Waals surface area contributed by atoms with Crippen molar-refractivity contribution in [3.05, 3.63) is 82.9 Å². The zero-order valence-electron chi connectivity index (χ0n) is 17.9. The number of halogens is 1. The summed E-state index contributed by atoms with van der Waals surface area (Å²) in [4.78, 5) is 17.5. The van der Waals surface area contributed by atoms with Crippen LogP contribution < -0.4 is 14.3 Å². The van der Waals surface area contributed by atoms with Gasteiger partial charge in [-0.1, -0.05) is 23.3 Å². The van der Waals surface area contributed by atoms with Gasteiger partial charge >= 0.3 is 0 Å². The maximum atomic E-state index is 13.1. The SMILES string of the molecule is C#CCn1c(=NC(=O)c2cccc(NS(=O)(=O)c3ccc(F)cc3)c2)sc2cc(OC)ccc21. The third kappa shape index (κ3) is 4.85. The molecule has 1 amide bonds. The van der Waals surface area contributed by atoms with Crippen molar-refractivity contribution in [2.45, 2.75) is 11.4 Å². The molecule has 0 aliphatic rings. The molecular formula is C24H18FN3O4S2. The van der Waals surface area contributed by atoms with Crippen molar-refractivity contribution in [1.29, 1.82) is 0 Å². The number of fused-ring (bicyclic) bond motifs is 1. The van der Waals surface area contributed by atoms with E-state index in [0.717, 1.165) is 34.5 Å². The number of nitrogens with one attached hydrogen (secondary N) is 1. The van der Waals surface area contributed by atoms with Gasteiger partial charge in [0.15, 0.2) is 4.80 Å². The molecule has 1 aromatic heterocycles. The lowest BCUT2D eigenvalue weighted by Crippen LogP contribution is -2.17. The average Bonchev–Trinajstić information content (AvgIpc) is 3.15. The van der Waals surface area contributed by atoms with Gasteiger partial charge in [-0.25, -0.2) is 12.8 Å². The highest BCUT2D eigenvalue weighted by Gasteiger charge is 2.16. The summed E-state index contributed by atoms with van der Waals surface area (Å²) < 4.78 is 48.5. The van der Waals surface area contributed by atoms with Gasteiger partial charge in [0, 0.05) is 11.3 Å². The standard InChI is InChI=1S/C24H18FN3O4S2/c1-3-13-28-21-12-9-19(32-2)15-22(21)33-24(28)26-23(29)16-5-4-6-18(14-16)27-34(30,31)20-10-7-17(25)8-11-20/h1,4-12,14-15,27H,13H2,2H3. The molecule has 1 heterocycles. The molecule has 7 nitrogen and oxygen atoms in total. The molecule has 0 saturated carbocycles. The van der Waals surface area contributed by atoms with Crippen molar-refractivity contribution in [1.82, 2.24) is 4.57 Å². The predicted octanol–water partition coefficient (Wildman–Crippen LogP) is 4.03. The van der Waals surface area contributed by atoms with E-state index in [1.54, 1.807) is 17.7 Å². The molecule has 0 bridgehead atoms. The van der Waals surface area contributed by atoms with Gasteiger partial charge in [0.05, 0.1) is 28.8 Å². The smallest absolute Gasteiger partial charge is 0.279 e. The van der Waals surface area contributed by atoms with Gasteiger partial charge in [0.25, 0.3) is 15.9 Å². The van der Waals surface area contributed by atoms with Gasteiger partial charge in [-0.2, -0.15) is 4.99 Å². The average molecular weight is 496 g/mol. The molecule has 0 radical (unpaired) electrons. The minimum Gasteiger partial charge on any atom is -0.497 e. The fourth-order valence-corrected chi connectivity index (χ4v) is 5.31. The molecule has 0 saturated heterocycles. The summed E-state index contributed by atoms with van der Waals surface area (Å²) in [6.07, 6.45) is 5.51. The highest BCUT2D eigenvalue weighted by Crippen LogP contribution is 2.23. The summed E-state index contributed by atoms with van der Waals surface area (Å²) in [6.45, 7) is 0.218. The zero-order chi connectivity index (χ0) is 24.3. The lowest BCUT2D eigenvalue weighted by Gasteiger charge is -2.08. The molecule has 0 aliphatic heterocycles. The second kappa shape index (κ2) is 9.51. The fraction of sp³-hybridized carbons (Fsp3) is 0.0833. The third-order valence-corrected chi connectivity index (χ3v) is 7.26. The Morgan fingerprint density at radius 1 is 1.18 bits per heavy atom. The van der Waals surface area contributed by atoms with E-state index < -0.39 is 21.7 Å². The van der Waals surface area contributed by atoms with Crippen LogP contribution >= 0.6 is 11.3 Å². The number of carbonyl (C=O) groups is 1. The summed E-state index contributed by atoms with van der Waals surface area (Å²) in [5.41, 5.74) is 1.17. The van der Waals surface area contributed by atoms with E-state index >= 15 is 0 Å². The Balaban J connectivity index is 1.67. The lowest BCUT2D eigenvalue weighted by molar-refractivity contribution is 0.0998. The van der Waals surface area contributed by atoms with Crippen molar-refractivity contribution in [3.8, 4) is 18.1 Å². The number of amides is 1. The number of terminal acetylenes is 1. The van der Waals surface area contributed by atoms with E-state index in [4.69, 9.17) is 11.2 Å². The van der Waals surface area contributed by atoms with Crippen LogP contribution in [0.2, 0.25) is 0 Å². The van der Waals surface area contributed by atoms with Crippen LogP contribution in [0.1, 0.15) is 10.4 Å². The second-order valence-electron chi connectivity index (χ2n) is 7.07. The predicted molar refractivity (Wildman–Crippen MR) is 129 cm³/mol. The minimum absolute atomic E-state index is 0.105. The Bertz CT molecular complexity index is 1600. The first kappa shape index (κ1) is 23.2. The van der Waals surface area contributed by atoms with Gasteiger partial charge in [0.1, 0.15) is 11.6 Å². The minimum atomic E-state index is -3.96. The maximum Gasteiger partial charge on any atom is 0.279 e. The number of benzene rings is 3. The van der Waals surface area contributed by atoms with Crippen LogP contribution in [-0.4, -0.2) is 26.0 Å². The zero-order valence-corrected chi connectivity index (χ0v) is 19.5. The van der Waals surface area contributed by atoms with Crippen LogP contribution in [0.15, 0.2) is 76.6 Å². The molecule has 0 atom stereocenters. The van der Waals surface area contributed by atoms with Gasteiger partial charge in [-0.05, 0) is 60.7 Å². The van der Waals surface area contributed by atoms with E-state index in [0.29, 0.717) is 10.6 Å². The number of sulfonamides is 1. The van der Waals surface area contributed by atoms with Gasteiger partial charge in [-0.3, -0.25) is 9.52 Å². The van der Waals surface area contributed by atoms with Crippen LogP contribution in [0.3, 0.4) is 0 Å². The summed E-state index contributed by atoms with van der Waals surface area (Å²) in [5, 5.41) is 0. The van der Waals surface area contributed by atoms with Crippen molar-refractivity contribution in [3.63, 3.8) is 0 Å². The molecule has 172 valence electrons. The molecule has 1 N–H and O–H groups in total. The van der Waals surface area contributed by atoms with E-state index in [1.807, 2.05) is 12.1 Å². The lowest BCUT2D eigenvalue weighted by atomic mass is 10.2. The number of aromatic nitrogens is 1. The van der Waals surface area contributed by atoms with E-state index in [1.165, 1.54) is 35.6 Å². The summed E-state index contributed by atoms with van der Waals surface area (Å²) in [5.74, 6) is 2.12. The maximum absolute atomic E-state index is 13.1. The van der Waals surface area contributed by atoms with Crippen LogP contribution in [0, 0.1) is 18.2 Å². The number of methoxy groups -OCH3 is 1. The van der Waals surface area contributed by atoms with Crippen LogP contribution in [0.4, 0.5) is 10.1 Å². The molecule has 0 spiro atoms. The summed E-state index contributed by atoms with van der Waals surface area (Å²) in [6, 6.07) is 15.9. The topological polar surface area (TPSA) is 89.8 Å². The first-order chi connectivity index (χ1) is 16.3. The Labute approximate surface area is 199 Å². The van der Waals surface area contributed by atoms with Crippen LogP contribution in [0.5, 0.6) is 5.75 Å². The number of ether oxygens (including phenoxy) is 1.